The molecule has 0 fully saturated rings. The Morgan fingerprint density at radius 1 is 1.14 bits per heavy atom. The van der Waals surface area contributed by atoms with E-state index in [9.17, 15) is 19.5 Å². The predicted octanol–water partition coefficient (Wildman–Crippen LogP) is 1.86. The number of carboxylic acid groups (broad SMARTS) is 1. The van der Waals surface area contributed by atoms with Crippen LogP contribution in [0.1, 0.15) is 12.5 Å². The number of carboxylic acids is 1. The maximum atomic E-state index is 12.4. The summed E-state index contributed by atoms with van der Waals surface area (Å²) < 4.78 is 5.55. The molecule has 2 aromatic rings. The Balaban J connectivity index is 1.63. The van der Waals surface area contributed by atoms with Crippen LogP contribution in [-0.4, -0.2) is 42.1 Å². The Morgan fingerprint density at radius 3 is 2.54 bits per heavy atom. The van der Waals surface area contributed by atoms with Crippen molar-refractivity contribution in [3.63, 3.8) is 0 Å². The first kappa shape index (κ1) is 19.4. The number of nitrogens with zero attached hydrogens (tertiary/aromatic N) is 1. The van der Waals surface area contributed by atoms with E-state index >= 15 is 0 Å². The Bertz CT molecular complexity index is 868. The summed E-state index contributed by atoms with van der Waals surface area (Å²) in [5.74, 6) is -1.93. The van der Waals surface area contributed by atoms with Gasteiger partial charge < -0.3 is 15.2 Å². The first-order valence-corrected chi connectivity index (χ1v) is 9.06. The molecule has 0 aromatic heterocycles. The van der Waals surface area contributed by atoms with Crippen molar-refractivity contribution in [2.45, 2.75) is 19.4 Å². The van der Waals surface area contributed by atoms with Crippen molar-refractivity contribution in [1.29, 1.82) is 0 Å². The lowest BCUT2D eigenvalue weighted by Gasteiger charge is -2.32. The van der Waals surface area contributed by atoms with Crippen LogP contribution < -0.4 is 15.0 Å². The second kappa shape index (κ2) is 8.56. The van der Waals surface area contributed by atoms with E-state index < -0.39 is 23.9 Å². The Labute approximate surface area is 162 Å². The summed E-state index contributed by atoms with van der Waals surface area (Å²) in [6, 6.07) is 16.2. The molecule has 0 radical (unpaired) electrons. The minimum atomic E-state index is -0.981. The highest BCUT2D eigenvalue weighted by molar-refractivity contribution is 6.03. The topological polar surface area (TPSA) is 95.9 Å². The standard InChI is InChI=1S/C21H22N2O5/c1-14-20(25)23(17-9-5-6-10-18(17)28-14)13-19(24)22-12-16(21(26)27)11-15-7-3-2-4-8-15/h2-10,14,16H,11-13H2,1H3,(H,22,24)(H,26,27)/t14-,16+/m0/s1. The number of rotatable bonds is 7. The summed E-state index contributed by atoms with van der Waals surface area (Å²) in [7, 11) is 0. The number of hydrogen-bond donors (Lipinski definition) is 2. The molecule has 146 valence electrons. The van der Waals surface area contributed by atoms with Crippen LogP contribution in [0.4, 0.5) is 5.69 Å². The Hall–Kier alpha value is -3.35. The van der Waals surface area contributed by atoms with Crippen LogP contribution in [-0.2, 0) is 20.8 Å². The van der Waals surface area contributed by atoms with Crippen molar-refractivity contribution < 1.29 is 24.2 Å². The molecule has 1 heterocycles. The third-order valence-corrected chi connectivity index (χ3v) is 4.60. The average Bonchev–Trinajstić information content (AvgIpc) is 2.69. The molecule has 7 nitrogen and oxygen atoms in total. The summed E-state index contributed by atoms with van der Waals surface area (Å²) in [6.45, 7) is 1.42. The minimum Gasteiger partial charge on any atom is -0.481 e. The summed E-state index contributed by atoms with van der Waals surface area (Å²) in [6.07, 6.45) is -0.375. The molecule has 0 spiro atoms. The fourth-order valence-corrected chi connectivity index (χ4v) is 3.10. The van der Waals surface area contributed by atoms with Gasteiger partial charge in [0.2, 0.25) is 5.91 Å². The molecule has 0 bridgehead atoms. The molecule has 2 atom stereocenters. The third kappa shape index (κ3) is 4.49. The first-order valence-electron chi connectivity index (χ1n) is 9.06. The SMILES string of the molecule is C[C@@H]1Oc2ccccc2N(CC(=O)NC[C@@H](Cc2ccccc2)C(=O)O)C1=O. The first-order chi connectivity index (χ1) is 13.5. The Kier molecular flexibility index (Phi) is 5.93. The molecule has 1 aliphatic rings. The third-order valence-electron chi connectivity index (χ3n) is 4.60. The molecule has 28 heavy (non-hydrogen) atoms. The predicted molar refractivity (Wildman–Crippen MR) is 103 cm³/mol. The molecule has 7 heteroatoms. The lowest BCUT2D eigenvalue weighted by atomic mass is 9.99. The van der Waals surface area contributed by atoms with Crippen molar-refractivity contribution in [2.24, 2.45) is 5.92 Å². The van der Waals surface area contributed by atoms with E-state index in [-0.39, 0.29) is 19.0 Å². The summed E-state index contributed by atoms with van der Waals surface area (Å²) in [4.78, 5) is 37.8. The molecule has 2 N–H and O–H groups in total. The fourth-order valence-electron chi connectivity index (χ4n) is 3.10. The van der Waals surface area contributed by atoms with Crippen molar-refractivity contribution in [2.75, 3.05) is 18.0 Å². The molecule has 1 aliphatic heterocycles. The second-order valence-corrected chi connectivity index (χ2v) is 6.68. The molecular weight excluding hydrogens is 360 g/mol. The van der Waals surface area contributed by atoms with Gasteiger partial charge in [-0.2, -0.15) is 0 Å². The molecule has 0 unspecified atom stereocenters. The van der Waals surface area contributed by atoms with Crippen molar-refractivity contribution in [3.8, 4) is 5.75 Å². The number of amides is 2. The van der Waals surface area contributed by atoms with Gasteiger partial charge in [0.1, 0.15) is 12.3 Å². The number of carbonyl (C=O) groups is 3. The number of nitrogens with one attached hydrogen (secondary N) is 1. The minimum absolute atomic E-state index is 0.0151. The number of fused-ring (bicyclic) bond motifs is 1. The van der Waals surface area contributed by atoms with E-state index in [4.69, 9.17) is 4.74 Å². The molecule has 0 saturated heterocycles. The van der Waals surface area contributed by atoms with Crippen molar-refractivity contribution in [1.82, 2.24) is 5.32 Å². The number of anilines is 1. The number of carbonyl (C=O) groups excluding carboxylic acids is 2. The summed E-state index contributed by atoms with van der Waals surface area (Å²) >= 11 is 0. The number of aliphatic carboxylic acids is 1. The highest BCUT2D eigenvalue weighted by Crippen LogP contribution is 2.33. The van der Waals surface area contributed by atoms with Gasteiger partial charge >= 0.3 is 5.97 Å². The molecule has 2 amide bonds. The highest BCUT2D eigenvalue weighted by atomic mass is 16.5. The van der Waals surface area contributed by atoms with Crippen molar-refractivity contribution >= 4 is 23.5 Å². The molecule has 2 aromatic carbocycles. The zero-order valence-electron chi connectivity index (χ0n) is 15.5. The number of hydrogen-bond acceptors (Lipinski definition) is 4. The maximum Gasteiger partial charge on any atom is 0.308 e. The van der Waals surface area contributed by atoms with Gasteiger partial charge in [0.15, 0.2) is 6.10 Å². The monoisotopic (exact) mass is 382 g/mol. The lowest BCUT2D eigenvalue weighted by Crippen LogP contribution is -2.49. The van der Waals surface area contributed by atoms with Gasteiger partial charge in [0.25, 0.3) is 5.91 Å². The van der Waals surface area contributed by atoms with E-state index in [1.807, 2.05) is 30.3 Å². The van der Waals surface area contributed by atoms with Crippen LogP contribution in [0, 0.1) is 5.92 Å². The van der Waals surface area contributed by atoms with Crippen LogP contribution in [0.2, 0.25) is 0 Å². The van der Waals surface area contributed by atoms with E-state index in [1.165, 1.54) is 4.90 Å². The quantitative estimate of drug-likeness (QED) is 0.762. The fraction of sp³-hybridized carbons (Fsp3) is 0.286. The summed E-state index contributed by atoms with van der Waals surface area (Å²) in [5, 5.41) is 12.1. The van der Waals surface area contributed by atoms with Gasteiger partial charge in [0, 0.05) is 6.54 Å². The summed E-state index contributed by atoms with van der Waals surface area (Å²) in [5.41, 5.74) is 1.41. The average molecular weight is 382 g/mol. The van der Waals surface area contributed by atoms with Crippen LogP contribution in [0.5, 0.6) is 5.75 Å². The molecule has 0 aliphatic carbocycles. The molecule has 3 rings (SSSR count). The molecular formula is C21H22N2O5. The van der Waals surface area contributed by atoms with Crippen LogP contribution in [0.15, 0.2) is 54.6 Å². The van der Waals surface area contributed by atoms with Gasteiger partial charge in [0.05, 0.1) is 11.6 Å². The smallest absolute Gasteiger partial charge is 0.308 e. The van der Waals surface area contributed by atoms with Gasteiger partial charge in [-0.3, -0.25) is 19.3 Å². The highest BCUT2D eigenvalue weighted by Gasteiger charge is 2.32. The molecule has 0 saturated carbocycles. The van der Waals surface area contributed by atoms with Crippen LogP contribution >= 0.6 is 0 Å². The van der Waals surface area contributed by atoms with Crippen LogP contribution in [0.25, 0.3) is 0 Å². The van der Waals surface area contributed by atoms with Crippen LogP contribution in [0.3, 0.4) is 0 Å². The number of ether oxygens (including phenoxy) is 1. The number of para-hydroxylation sites is 2. The number of benzene rings is 2. The van der Waals surface area contributed by atoms with Gasteiger partial charge in [-0.1, -0.05) is 42.5 Å². The van der Waals surface area contributed by atoms with E-state index in [1.54, 1.807) is 31.2 Å². The zero-order chi connectivity index (χ0) is 20.1. The van der Waals surface area contributed by atoms with Gasteiger partial charge in [-0.15, -0.1) is 0 Å². The van der Waals surface area contributed by atoms with E-state index in [2.05, 4.69) is 5.32 Å². The van der Waals surface area contributed by atoms with E-state index in [0.29, 0.717) is 17.9 Å². The van der Waals surface area contributed by atoms with Gasteiger partial charge in [-0.05, 0) is 31.0 Å². The second-order valence-electron chi connectivity index (χ2n) is 6.68. The largest absolute Gasteiger partial charge is 0.481 e. The van der Waals surface area contributed by atoms with E-state index in [0.717, 1.165) is 5.56 Å². The maximum absolute atomic E-state index is 12.4. The normalized spacial score (nSPS) is 16.7. The zero-order valence-corrected chi connectivity index (χ0v) is 15.5. The van der Waals surface area contributed by atoms with Gasteiger partial charge in [-0.25, -0.2) is 0 Å². The Morgan fingerprint density at radius 2 is 1.82 bits per heavy atom. The lowest BCUT2D eigenvalue weighted by molar-refractivity contribution is -0.141. The van der Waals surface area contributed by atoms with Crippen molar-refractivity contribution in [3.05, 3.63) is 60.2 Å².